The second kappa shape index (κ2) is 5.65. The van der Waals surface area contributed by atoms with Crippen LogP contribution in [-0.4, -0.2) is 0 Å². The number of rotatable bonds is 3. The molecule has 3 aromatic rings. The lowest BCUT2D eigenvalue weighted by molar-refractivity contribution is 0.874. The van der Waals surface area contributed by atoms with Crippen molar-refractivity contribution in [1.29, 1.82) is 0 Å². The van der Waals surface area contributed by atoms with Crippen molar-refractivity contribution >= 4 is 22.9 Å². The summed E-state index contributed by atoms with van der Waals surface area (Å²) in [5.41, 5.74) is 4.06. The highest BCUT2D eigenvalue weighted by atomic mass is 14.2. The van der Waals surface area contributed by atoms with Crippen molar-refractivity contribution in [3.63, 3.8) is 0 Å². The van der Waals surface area contributed by atoms with E-state index in [-0.39, 0.29) is 0 Å². The fraction of sp³-hybridized carbons (Fsp3) is 0.0909. The van der Waals surface area contributed by atoms with Gasteiger partial charge in [0, 0.05) is 5.92 Å². The average Bonchev–Trinajstić information content (AvgIpc) is 2.58. The topological polar surface area (TPSA) is 0 Å². The molecule has 1 aliphatic rings. The van der Waals surface area contributed by atoms with Gasteiger partial charge in [-0.1, -0.05) is 91.0 Å². The quantitative estimate of drug-likeness (QED) is 0.548. The second-order valence-electron chi connectivity index (χ2n) is 5.81. The van der Waals surface area contributed by atoms with Gasteiger partial charge in [0.25, 0.3) is 0 Å². The van der Waals surface area contributed by atoms with Crippen molar-refractivity contribution in [2.75, 3.05) is 0 Å². The molecule has 0 radical (unpaired) electrons. The van der Waals surface area contributed by atoms with Gasteiger partial charge in [0.2, 0.25) is 0 Å². The molecule has 22 heavy (non-hydrogen) atoms. The van der Waals surface area contributed by atoms with Crippen LogP contribution in [0.2, 0.25) is 0 Å². The minimum Gasteiger partial charge on any atom is -0.0830 e. The Labute approximate surface area is 131 Å². The van der Waals surface area contributed by atoms with Crippen LogP contribution < -0.4 is 0 Å². The molecule has 1 atom stereocenters. The van der Waals surface area contributed by atoms with Crippen molar-refractivity contribution < 1.29 is 0 Å². The number of hydrogen-bond donors (Lipinski definition) is 0. The van der Waals surface area contributed by atoms with E-state index in [1.165, 1.54) is 27.5 Å². The minimum atomic E-state index is 0.471. The van der Waals surface area contributed by atoms with Crippen molar-refractivity contribution in [3.8, 4) is 0 Å². The molecule has 0 saturated heterocycles. The van der Waals surface area contributed by atoms with Crippen LogP contribution in [0.3, 0.4) is 0 Å². The van der Waals surface area contributed by atoms with Crippen molar-refractivity contribution in [2.24, 2.45) is 0 Å². The van der Waals surface area contributed by atoms with E-state index in [4.69, 9.17) is 0 Å². The van der Waals surface area contributed by atoms with Gasteiger partial charge in [-0.15, -0.1) is 0 Å². The van der Waals surface area contributed by atoms with Gasteiger partial charge in [-0.05, 0) is 33.9 Å². The summed E-state index contributed by atoms with van der Waals surface area (Å²) in [5, 5.41) is 2.77. The molecule has 0 nitrogen and oxygen atoms in total. The molecule has 106 valence electrons. The molecule has 0 aromatic heterocycles. The van der Waals surface area contributed by atoms with Gasteiger partial charge < -0.3 is 0 Å². The highest BCUT2D eigenvalue weighted by Gasteiger charge is 2.15. The molecule has 3 aromatic carbocycles. The summed E-state index contributed by atoms with van der Waals surface area (Å²) in [6.07, 6.45) is 10.2. The lowest BCUT2D eigenvalue weighted by atomic mass is 9.84. The van der Waals surface area contributed by atoms with Gasteiger partial charge in [0.15, 0.2) is 0 Å². The first kappa shape index (κ1) is 13.1. The van der Waals surface area contributed by atoms with Crippen molar-refractivity contribution in [2.45, 2.75) is 12.3 Å². The summed E-state index contributed by atoms with van der Waals surface area (Å²) in [6.45, 7) is 0. The van der Waals surface area contributed by atoms with Gasteiger partial charge >= 0.3 is 0 Å². The first-order chi connectivity index (χ1) is 10.9. The van der Waals surface area contributed by atoms with E-state index in [0.717, 1.165) is 6.42 Å². The summed E-state index contributed by atoms with van der Waals surface area (Å²) < 4.78 is 0. The summed E-state index contributed by atoms with van der Waals surface area (Å²) in [7, 11) is 0. The molecule has 0 spiro atoms. The Hall–Kier alpha value is -2.60. The van der Waals surface area contributed by atoms with Crippen LogP contribution in [0.5, 0.6) is 0 Å². The predicted octanol–water partition coefficient (Wildman–Crippen LogP) is 6.05. The van der Waals surface area contributed by atoms with E-state index in [1.807, 2.05) is 0 Å². The van der Waals surface area contributed by atoms with E-state index in [9.17, 15) is 0 Å². The summed E-state index contributed by atoms with van der Waals surface area (Å²) in [4.78, 5) is 0. The third-order valence-corrected chi connectivity index (χ3v) is 4.38. The molecule has 0 aliphatic heterocycles. The van der Waals surface area contributed by atoms with Gasteiger partial charge in [0.1, 0.15) is 0 Å². The molecule has 1 aliphatic carbocycles. The molecule has 0 saturated carbocycles. The molecular weight excluding hydrogens is 264 g/mol. The highest BCUT2D eigenvalue weighted by molar-refractivity contribution is 5.95. The van der Waals surface area contributed by atoms with Gasteiger partial charge in [-0.3, -0.25) is 0 Å². The molecule has 0 amide bonds. The standard InChI is InChI=1S/C22H18/c1-2-7-17(8-3-1)9-4-10-18-15-16-20-12-5-11-19-13-6-14-21(18)22(19)20/h1-9,11-16,18H,10H2. The van der Waals surface area contributed by atoms with Crippen LogP contribution in [0.4, 0.5) is 0 Å². The molecule has 0 heterocycles. The normalized spacial score (nSPS) is 16.5. The summed E-state index contributed by atoms with van der Waals surface area (Å²) in [5.74, 6) is 0.471. The van der Waals surface area contributed by atoms with E-state index in [1.54, 1.807) is 0 Å². The zero-order valence-corrected chi connectivity index (χ0v) is 12.4. The van der Waals surface area contributed by atoms with Crippen LogP contribution in [0.25, 0.3) is 22.9 Å². The Balaban J connectivity index is 1.64. The number of benzene rings is 3. The van der Waals surface area contributed by atoms with Crippen LogP contribution in [-0.2, 0) is 0 Å². The summed E-state index contributed by atoms with van der Waals surface area (Å²) in [6, 6.07) is 23.7. The average molecular weight is 282 g/mol. The zero-order chi connectivity index (χ0) is 14.8. The van der Waals surface area contributed by atoms with Gasteiger partial charge in [-0.2, -0.15) is 0 Å². The fourth-order valence-electron chi connectivity index (χ4n) is 3.29. The number of hydrogen-bond acceptors (Lipinski definition) is 0. The predicted molar refractivity (Wildman–Crippen MR) is 95.8 cm³/mol. The van der Waals surface area contributed by atoms with E-state index in [2.05, 4.69) is 91.0 Å². The van der Waals surface area contributed by atoms with Crippen molar-refractivity contribution in [1.82, 2.24) is 0 Å². The molecular formula is C22H18. The van der Waals surface area contributed by atoms with E-state index in [0.29, 0.717) is 5.92 Å². The molecule has 0 fully saturated rings. The maximum atomic E-state index is 2.34. The van der Waals surface area contributed by atoms with Crippen LogP contribution in [0.15, 0.2) is 78.9 Å². The highest BCUT2D eigenvalue weighted by Crippen LogP contribution is 2.36. The molecule has 0 N–H and O–H groups in total. The Morgan fingerprint density at radius 2 is 1.64 bits per heavy atom. The maximum absolute atomic E-state index is 2.34. The zero-order valence-electron chi connectivity index (χ0n) is 12.4. The smallest absolute Gasteiger partial charge is 0.00622 e. The number of allylic oxidation sites excluding steroid dienone is 2. The lowest BCUT2D eigenvalue weighted by Crippen LogP contribution is -2.00. The monoisotopic (exact) mass is 282 g/mol. The third kappa shape index (κ3) is 2.37. The molecule has 0 heteroatoms. The second-order valence-corrected chi connectivity index (χ2v) is 5.81. The third-order valence-electron chi connectivity index (χ3n) is 4.38. The maximum Gasteiger partial charge on any atom is 0.00622 e. The fourth-order valence-corrected chi connectivity index (χ4v) is 3.29. The van der Waals surface area contributed by atoms with Gasteiger partial charge in [0.05, 0.1) is 0 Å². The van der Waals surface area contributed by atoms with E-state index < -0.39 is 0 Å². The molecule has 1 unspecified atom stereocenters. The minimum absolute atomic E-state index is 0.471. The Morgan fingerprint density at radius 1 is 0.818 bits per heavy atom. The largest absolute Gasteiger partial charge is 0.0830 e. The van der Waals surface area contributed by atoms with E-state index >= 15 is 0 Å². The lowest BCUT2D eigenvalue weighted by Gasteiger charge is -2.20. The van der Waals surface area contributed by atoms with Crippen LogP contribution >= 0.6 is 0 Å². The Kier molecular flexibility index (Phi) is 3.36. The Bertz CT molecular complexity index is 848. The van der Waals surface area contributed by atoms with Crippen molar-refractivity contribution in [3.05, 3.63) is 95.6 Å². The first-order valence-electron chi connectivity index (χ1n) is 7.83. The molecule has 0 bridgehead atoms. The Morgan fingerprint density at radius 3 is 2.50 bits per heavy atom. The SMILES string of the molecule is C(=Cc1ccccc1)CC1C=Cc2cccc3cccc1c23. The summed E-state index contributed by atoms with van der Waals surface area (Å²) >= 11 is 0. The molecule has 4 rings (SSSR count). The van der Waals surface area contributed by atoms with Gasteiger partial charge in [-0.25, -0.2) is 0 Å². The van der Waals surface area contributed by atoms with Crippen LogP contribution in [0, 0.1) is 0 Å². The first-order valence-corrected chi connectivity index (χ1v) is 7.83. The van der Waals surface area contributed by atoms with Crippen LogP contribution in [0.1, 0.15) is 29.0 Å².